The zero-order chi connectivity index (χ0) is 65.6. The van der Waals surface area contributed by atoms with Crippen molar-refractivity contribution in [2.24, 2.45) is 5.92 Å². The minimum Gasteiger partial charge on any atom is -0.462 e. The lowest BCUT2D eigenvalue weighted by Crippen LogP contribution is -2.30. The number of phosphoric ester groups is 2. The van der Waals surface area contributed by atoms with Gasteiger partial charge in [-0.25, -0.2) is 9.13 Å². The molecule has 0 amide bonds. The average Bonchev–Trinajstić information content (AvgIpc) is 3.54. The van der Waals surface area contributed by atoms with Gasteiger partial charge in [0.1, 0.15) is 19.3 Å². The number of hydrogen-bond donors (Lipinski definition) is 3. The van der Waals surface area contributed by atoms with Gasteiger partial charge in [0.2, 0.25) is 0 Å². The lowest BCUT2D eigenvalue weighted by molar-refractivity contribution is -0.161. The molecule has 0 saturated heterocycles. The molecule has 0 saturated carbocycles. The molecule has 17 nitrogen and oxygen atoms in total. The molecule has 0 aromatic heterocycles. The maximum atomic E-state index is 13.0. The molecule has 0 aliphatic carbocycles. The number of rotatable bonds is 70. The Balaban J connectivity index is 5.13. The summed E-state index contributed by atoms with van der Waals surface area (Å²) in [5.41, 5.74) is 0. The predicted molar refractivity (Wildman–Crippen MR) is 358 cm³/mol. The van der Waals surface area contributed by atoms with Crippen LogP contribution >= 0.6 is 15.6 Å². The van der Waals surface area contributed by atoms with Crippen molar-refractivity contribution in [2.45, 2.75) is 380 Å². The molecule has 0 rings (SSSR count). The molecule has 0 heterocycles. The summed E-state index contributed by atoms with van der Waals surface area (Å²) >= 11 is 0. The second-order valence-electron chi connectivity index (χ2n) is 25.7. The lowest BCUT2D eigenvalue weighted by atomic mass is 10.0. The van der Waals surface area contributed by atoms with Gasteiger partial charge in [0.25, 0.3) is 0 Å². The summed E-state index contributed by atoms with van der Waals surface area (Å²) in [4.78, 5) is 72.2. The number of aliphatic hydroxyl groups excluding tert-OH is 1. The molecular weight excluding hydrogens is 1170 g/mol. The normalized spacial score (nSPS) is 14.1. The van der Waals surface area contributed by atoms with E-state index in [4.69, 9.17) is 37.0 Å². The van der Waals surface area contributed by atoms with E-state index in [-0.39, 0.29) is 25.7 Å². The van der Waals surface area contributed by atoms with Crippen LogP contribution in [0.3, 0.4) is 0 Å². The van der Waals surface area contributed by atoms with Crippen LogP contribution in [-0.4, -0.2) is 96.7 Å². The molecular formula is C70H136O17P2. The molecule has 5 atom stereocenters. The molecule has 2 unspecified atom stereocenters. The molecule has 0 spiro atoms. The first-order valence-corrected chi connectivity index (χ1v) is 39.6. The molecule has 0 aromatic rings. The van der Waals surface area contributed by atoms with Crippen LogP contribution in [0.5, 0.6) is 0 Å². The van der Waals surface area contributed by atoms with Gasteiger partial charge < -0.3 is 33.8 Å². The number of esters is 4. The third kappa shape index (κ3) is 64.6. The Hall–Kier alpha value is -1.94. The van der Waals surface area contributed by atoms with Crippen LogP contribution in [0.2, 0.25) is 0 Å². The Morgan fingerprint density at radius 3 is 0.764 bits per heavy atom. The van der Waals surface area contributed by atoms with Gasteiger partial charge in [0.05, 0.1) is 26.4 Å². The van der Waals surface area contributed by atoms with Gasteiger partial charge >= 0.3 is 39.5 Å². The smallest absolute Gasteiger partial charge is 0.462 e. The monoisotopic (exact) mass is 1310 g/mol. The van der Waals surface area contributed by atoms with Crippen LogP contribution in [0.4, 0.5) is 0 Å². The highest BCUT2D eigenvalue weighted by molar-refractivity contribution is 7.47. The molecule has 19 heteroatoms. The largest absolute Gasteiger partial charge is 0.472 e. The van der Waals surface area contributed by atoms with Crippen LogP contribution in [0.25, 0.3) is 0 Å². The van der Waals surface area contributed by atoms with E-state index in [0.717, 1.165) is 121 Å². The minimum absolute atomic E-state index is 0.104. The van der Waals surface area contributed by atoms with Gasteiger partial charge in [-0.2, -0.15) is 0 Å². The van der Waals surface area contributed by atoms with E-state index in [1.54, 1.807) is 0 Å². The van der Waals surface area contributed by atoms with Crippen LogP contribution in [0, 0.1) is 5.92 Å². The van der Waals surface area contributed by atoms with Gasteiger partial charge in [-0.3, -0.25) is 37.3 Å². The highest BCUT2D eigenvalue weighted by atomic mass is 31.2. The second kappa shape index (κ2) is 63.5. The van der Waals surface area contributed by atoms with Crippen molar-refractivity contribution in [3.05, 3.63) is 0 Å². The van der Waals surface area contributed by atoms with E-state index in [1.807, 2.05) is 0 Å². The Bertz CT molecular complexity index is 1720. The van der Waals surface area contributed by atoms with Crippen molar-refractivity contribution in [3.63, 3.8) is 0 Å². The average molecular weight is 1310 g/mol. The van der Waals surface area contributed by atoms with Gasteiger partial charge in [0, 0.05) is 25.7 Å². The van der Waals surface area contributed by atoms with Crippen molar-refractivity contribution in [2.75, 3.05) is 39.6 Å². The summed E-state index contributed by atoms with van der Waals surface area (Å²) in [5.74, 6) is -1.34. The summed E-state index contributed by atoms with van der Waals surface area (Å²) in [6, 6.07) is 0. The van der Waals surface area contributed by atoms with Crippen molar-refractivity contribution in [1.82, 2.24) is 0 Å². The molecule has 0 aromatic carbocycles. The Labute approximate surface area is 543 Å². The van der Waals surface area contributed by atoms with Gasteiger partial charge in [-0.05, 0) is 31.6 Å². The lowest BCUT2D eigenvalue weighted by Gasteiger charge is -2.21. The molecule has 3 N–H and O–H groups in total. The Morgan fingerprint density at radius 2 is 0.517 bits per heavy atom. The number of carbonyl (C=O) groups excluding carboxylic acids is 4. The Kier molecular flexibility index (Phi) is 62.1. The first-order valence-electron chi connectivity index (χ1n) is 36.6. The van der Waals surface area contributed by atoms with Crippen LogP contribution in [0.15, 0.2) is 0 Å². The van der Waals surface area contributed by atoms with Crippen molar-refractivity contribution in [3.8, 4) is 0 Å². The number of hydrogen-bond acceptors (Lipinski definition) is 15. The summed E-state index contributed by atoms with van der Waals surface area (Å²) in [7, 11) is -9.89. The first-order chi connectivity index (χ1) is 43.0. The molecule has 0 aliphatic heterocycles. The van der Waals surface area contributed by atoms with E-state index in [0.29, 0.717) is 25.7 Å². The maximum absolute atomic E-state index is 13.0. The van der Waals surface area contributed by atoms with E-state index in [9.17, 15) is 43.2 Å². The molecule has 89 heavy (non-hydrogen) atoms. The third-order valence-corrected chi connectivity index (χ3v) is 18.2. The maximum Gasteiger partial charge on any atom is 0.472 e. The standard InChI is InChI=1S/C70H136O17P2/c1-6-9-12-15-18-19-20-21-22-23-24-25-26-29-33-36-41-46-51-56-70(75)87-66(60-81-68(73)54-49-44-40-35-32-30-27-28-31-34-39-42-47-52-63(4)5)62-85-89(78,79)83-58-64(71)57-82-88(76,77)84-61-65(86-69(74)55-50-45-38-17-14-11-8-3)59-80-67(72)53-48-43-37-16-13-10-7-2/h63-66,71H,6-62H2,1-5H3,(H,76,77)(H,78,79)/t64-,65+,66+/m0/s1. The highest BCUT2D eigenvalue weighted by Gasteiger charge is 2.30. The summed E-state index contributed by atoms with van der Waals surface area (Å²) in [6.45, 7) is 7.18. The fourth-order valence-corrected chi connectivity index (χ4v) is 12.2. The number of ether oxygens (including phenoxy) is 4. The van der Waals surface area contributed by atoms with Crippen molar-refractivity contribution < 1.29 is 80.2 Å². The first kappa shape index (κ1) is 87.1. The van der Waals surface area contributed by atoms with E-state index >= 15 is 0 Å². The van der Waals surface area contributed by atoms with Crippen LogP contribution in [-0.2, 0) is 65.4 Å². The number of phosphoric acid groups is 2. The van der Waals surface area contributed by atoms with Gasteiger partial charge in [-0.15, -0.1) is 0 Å². The fourth-order valence-electron chi connectivity index (χ4n) is 10.6. The van der Waals surface area contributed by atoms with Crippen molar-refractivity contribution in [1.29, 1.82) is 0 Å². The van der Waals surface area contributed by atoms with Gasteiger partial charge in [0.15, 0.2) is 12.2 Å². The topological polar surface area (TPSA) is 237 Å². The zero-order valence-electron chi connectivity index (χ0n) is 57.6. The van der Waals surface area contributed by atoms with E-state index in [1.165, 1.54) is 161 Å². The molecule has 0 bridgehead atoms. The number of aliphatic hydroxyl groups is 1. The molecule has 0 aliphatic rings. The fraction of sp³-hybridized carbons (Fsp3) is 0.943. The number of unbranched alkanes of at least 4 members (excludes halogenated alkanes) is 42. The Morgan fingerprint density at radius 1 is 0.303 bits per heavy atom. The molecule has 0 fully saturated rings. The molecule has 0 radical (unpaired) electrons. The van der Waals surface area contributed by atoms with Gasteiger partial charge in [-0.1, -0.05) is 311 Å². The summed E-state index contributed by atoms with van der Waals surface area (Å²) < 4.78 is 68.0. The third-order valence-electron chi connectivity index (χ3n) is 16.3. The summed E-state index contributed by atoms with van der Waals surface area (Å²) in [5, 5.41) is 10.5. The second-order valence-corrected chi connectivity index (χ2v) is 28.7. The SMILES string of the molecule is CCCCCCCCCCCCCCCCCCCCCC(=O)O[C@H](COC(=O)CCCCCCCCCCCCCCCC(C)C)COP(=O)(O)OC[C@@H](O)COP(=O)(O)OC[C@@H](COC(=O)CCCCCCCCC)OC(=O)CCCCCCCCC. The number of carbonyl (C=O) groups is 4. The highest BCUT2D eigenvalue weighted by Crippen LogP contribution is 2.45. The predicted octanol–water partition coefficient (Wildman–Crippen LogP) is 20.1. The van der Waals surface area contributed by atoms with E-state index in [2.05, 4.69) is 34.6 Å². The van der Waals surface area contributed by atoms with Crippen LogP contribution in [0.1, 0.15) is 362 Å². The summed E-state index contributed by atoms with van der Waals surface area (Å²) in [6.07, 6.45) is 50.3. The molecule has 528 valence electrons. The zero-order valence-corrected chi connectivity index (χ0v) is 59.4. The van der Waals surface area contributed by atoms with Crippen LogP contribution < -0.4 is 0 Å². The van der Waals surface area contributed by atoms with E-state index < -0.39 is 97.5 Å². The quantitative estimate of drug-likeness (QED) is 0.0222. The van der Waals surface area contributed by atoms with Crippen molar-refractivity contribution >= 4 is 39.5 Å². The minimum atomic E-state index is -4.95.